The third-order valence-corrected chi connectivity index (χ3v) is 22.9. The van der Waals surface area contributed by atoms with E-state index >= 15 is 0 Å². The van der Waals surface area contributed by atoms with Crippen LogP contribution in [-0.2, 0) is 0 Å². The van der Waals surface area contributed by atoms with Crippen LogP contribution in [0.1, 0.15) is 87.0 Å². The first-order chi connectivity index (χ1) is 12.9. The maximum atomic E-state index is 6.55. The van der Waals surface area contributed by atoms with Crippen molar-refractivity contribution in [1.29, 1.82) is 0 Å². The van der Waals surface area contributed by atoms with Gasteiger partial charge in [-0.05, 0) is 54.8 Å². The molecule has 0 heterocycles. The molecule has 0 aliphatic rings. The average Bonchev–Trinajstić information content (AvgIpc) is 2.68. The van der Waals surface area contributed by atoms with Gasteiger partial charge in [-0.1, -0.05) is 80.6 Å². The molecule has 0 aliphatic carbocycles. The van der Waals surface area contributed by atoms with Gasteiger partial charge in [0.05, 0.1) is 0 Å². The third kappa shape index (κ3) is 8.09. The molecule has 0 aromatic rings. The van der Waals surface area contributed by atoms with Crippen LogP contribution in [0.2, 0.25) is 42.3 Å². The molecule has 0 aromatic carbocycles. The zero-order chi connectivity index (χ0) is 20.9. The van der Waals surface area contributed by atoms with Crippen molar-refractivity contribution in [2.75, 3.05) is 0 Å². The molecule has 0 saturated carbocycles. The third-order valence-electron chi connectivity index (χ3n) is 7.43. The summed E-state index contributed by atoms with van der Waals surface area (Å²) < 4.78 is 3.25. The molecule has 0 fully saturated rings. The van der Waals surface area contributed by atoms with Gasteiger partial charge < -0.3 is 4.23 Å². The Morgan fingerprint density at radius 3 is 1.41 bits per heavy atom. The summed E-state index contributed by atoms with van der Waals surface area (Å²) >= 11 is 13.1. The smallest absolute Gasteiger partial charge is 0.238 e. The van der Waals surface area contributed by atoms with Gasteiger partial charge in [-0.3, -0.25) is 0 Å². The Balaban J connectivity index is 5.88. The highest BCUT2D eigenvalue weighted by atomic mass is 35.7. The van der Waals surface area contributed by atoms with Crippen LogP contribution in [0, 0.1) is 0 Å². The van der Waals surface area contributed by atoms with Crippen LogP contribution >= 0.6 is 22.2 Å². The maximum Gasteiger partial charge on any atom is 0.238 e. The normalized spacial score (nSPS) is 14.3. The van der Waals surface area contributed by atoms with E-state index in [-0.39, 0.29) is 0 Å². The van der Waals surface area contributed by atoms with Crippen molar-refractivity contribution in [3.8, 4) is 0 Å². The molecule has 6 heteroatoms. The van der Waals surface area contributed by atoms with Crippen molar-refractivity contribution in [3.63, 3.8) is 0 Å². The number of hydrogen-bond donors (Lipinski definition) is 0. The minimum Gasteiger partial charge on any atom is -0.342 e. The lowest BCUT2D eigenvalue weighted by molar-refractivity contribution is 0.406. The van der Waals surface area contributed by atoms with E-state index in [2.05, 4.69) is 52.7 Å². The highest BCUT2D eigenvalue weighted by Gasteiger charge is 2.49. The minimum absolute atomic E-state index is 0.663. The molecule has 0 aliphatic heterocycles. The first-order valence-corrected chi connectivity index (χ1v) is 21.4. The Kier molecular flexibility index (Phi) is 15.7. The fraction of sp³-hybridized carbons (Fsp3) is 1.00. The summed E-state index contributed by atoms with van der Waals surface area (Å²) in [7, 11) is -4.51. The molecule has 1 nitrogen and oxygen atoms in total. The number of rotatable bonds is 17. The van der Waals surface area contributed by atoms with Crippen LogP contribution in [0.3, 0.4) is 0 Å². The summed E-state index contributed by atoms with van der Waals surface area (Å²) in [5.74, 6) is 0. The summed E-state index contributed by atoms with van der Waals surface area (Å²) in [5, 5.41) is 0. The Hall–Kier alpha value is 1.19. The topological polar surface area (TPSA) is 3.24 Å². The van der Waals surface area contributed by atoms with Gasteiger partial charge in [0.25, 0.3) is 0 Å². The van der Waals surface area contributed by atoms with E-state index in [9.17, 15) is 0 Å². The summed E-state index contributed by atoms with van der Waals surface area (Å²) in [6, 6.07) is 10.1. The van der Waals surface area contributed by atoms with E-state index in [1.54, 1.807) is 0 Å². The van der Waals surface area contributed by atoms with Gasteiger partial charge in [-0.15, -0.1) is 0 Å². The highest BCUT2D eigenvalue weighted by Crippen LogP contribution is 2.40. The Labute approximate surface area is 185 Å². The fourth-order valence-electron chi connectivity index (χ4n) is 5.34. The van der Waals surface area contributed by atoms with Gasteiger partial charge in [-0.25, -0.2) is 0 Å². The Morgan fingerprint density at radius 1 is 0.667 bits per heavy atom. The molecule has 0 radical (unpaired) electrons. The quantitative estimate of drug-likeness (QED) is 0.117. The molecule has 1 atom stereocenters. The van der Waals surface area contributed by atoms with Crippen LogP contribution < -0.4 is 0 Å². The van der Waals surface area contributed by atoms with E-state index in [0.717, 1.165) is 6.04 Å². The van der Waals surface area contributed by atoms with E-state index in [1.165, 1.54) is 74.8 Å². The molecule has 164 valence electrons. The number of unbranched alkanes of at least 4 members (excludes halogenated alkanes) is 4. The number of hydrogen-bond acceptors (Lipinski definition) is 1. The molecule has 0 N–H and O–H groups in total. The molecular formula is C21H49Cl2NSi3. The van der Waals surface area contributed by atoms with Crippen LogP contribution in [0.5, 0.6) is 0 Å². The van der Waals surface area contributed by atoms with Gasteiger partial charge in [0.2, 0.25) is 7.42 Å². The number of nitrogens with zero attached hydrogens (tertiary/aromatic N) is 1. The Bertz CT molecular complexity index is 325. The molecule has 0 aromatic heterocycles. The van der Waals surface area contributed by atoms with Gasteiger partial charge in [-0.2, -0.15) is 22.2 Å². The van der Waals surface area contributed by atoms with Crippen molar-refractivity contribution >= 4 is 46.0 Å². The van der Waals surface area contributed by atoms with E-state index in [1.807, 2.05) is 0 Å². The van der Waals surface area contributed by atoms with Gasteiger partial charge in [0, 0.05) is 0 Å². The molecule has 0 amide bonds. The molecular weight excluding hydrogens is 421 g/mol. The predicted octanol–water partition coefficient (Wildman–Crippen LogP) is 8.73. The van der Waals surface area contributed by atoms with Gasteiger partial charge >= 0.3 is 0 Å². The van der Waals surface area contributed by atoms with Crippen molar-refractivity contribution < 1.29 is 0 Å². The van der Waals surface area contributed by atoms with Crippen LogP contribution in [0.15, 0.2) is 0 Å². The standard InChI is InChI=1S/C21H49Cl2NSi3/c1-8-15-16-17-18-19-21(20-25(22)23)24(26(9-2,10-3)11-4)27(12-5,13-6)14-7/h21,25H,8-20H2,1-7H3. The fourth-order valence-corrected chi connectivity index (χ4v) is 21.8. The summed E-state index contributed by atoms with van der Waals surface area (Å²) in [6.07, 6.45) is 8.17. The van der Waals surface area contributed by atoms with Crippen LogP contribution in [0.4, 0.5) is 0 Å². The molecule has 0 spiro atoms. The monoisotopic (exact) mass is 469 g/mol. The zero-order valence-electron chi connectivity index (χ0n) is 19.6. The van der Waals surface area contributed by atoms with E-state index in [0.29, 0.717) is 6.04 Å². The second-order valence-electron chi connectivity index (χ2n) is 8.42. The van der Waals surface area contributed by atoms with Crippen LogP contribution in [-0.4, -0.2) is 34.2 Å². The first kappa shape index (κ1) is 28.2. The summed E-state index contributed by atoms with van der Waals surface area (Å²) in [5.41, 5.74) is 0. The average molecular weight is 471 g/mol. The van der Waals surface area contributed by atoms with Crippen molar-refractivity contribution in [2.24, 2.45) is 0 Å². The Morgan fingerprint density at radius 2 is 1.07 bits per heavy atom. The summed E-state index contributed by atoms with van der Waals surface area (Å²) in [4.78, 5) is 0. The highest BCUT2D eigenvalue weighted by molar-refractivity contribution is 7.33. The maximum absolute atomic E-state index is 6.55. The lowest BCUT2D eigenvalue weighted by Gasteiger charge is -2.56. The van der Waals surface area contributed by atoms with E-state index in [4.69, 9.17) is 22.2 Å². The zero-order valence-corrected chi connectivity index (χ0v) is 24.2. The first-order valence-electron chi connectivity index (χ1n) is 11.9. The van der Waals surface area contributed by atoms with Crippen LogP contribution in [0.25, 0.3) is 0 Å². The second kappa shape index (κ2) is 15.1. The lowest BCUT2D eigenvalue weighted by Crippen LogP contribution is -2.69. The molecule has 1 unspecified atom stereocenters. The van der Waals surface area contributed by atoms with Crippen molar-refractivity contribution in [2.45, 2.75) is 135 Å². The predicted molar refractivity (Wildman–Crippen MR) is 137 cm³/mol. The molecule has 0 bridgehead atoms. The van der Waals surface area contributed by atoms with Gasteiger partial charge in [0.1, 0.15) is 16.5 Å². The molecule has 0 saturated heterocycles. The number of halogens is 2. The molecule has 27 heavy (non-hydrogen) atoms. The lowest BCUT2D eigenvalue weighted by atomic mass is 10.1. The summed E-state index contributed by atoms with van der Waals surface area (Å²) in [6.45, 7) is 17.1. The van der Waals surface area contributed by atoms with Crippen molar-refractivity contribution in [1.82, 2.24) is 4.23 Å². The SMILES string of the molecule is CCCCCCCC(C[SiH](Cl)Cl)N([Si](CC)(CC)CC)[Si](CC)(CC)CC. The van der Waals surface area contributed by atoms with Crippen molar-refractivity contribution in [3.05, 3.63) is 0 Å². The second-order valence-corrected chi connectivity index (χ2v) is 24.1. The van der Waals surface area contributed by atoms with E-state index < -0.39 is 23.9 Å². The molecule has 0 rings (SSSR count). The largest absolute Gasteiger partial charge is 0.342 e. The van der Waals surface area contributed by atoms with Gasteiger partial charge in [0.15, 0.2) is 0 Å². The minimum atomic E-state index is -1.61.